The summed E-state index contributed by atoms with van der Waals surface area (Å²) in [6, 6.07) is 4.86. The summed E-state index contributed by atoms with van der Waals surface area (Å²) in [5, 5.41) is 3.16. The number of nitrogens with zero attached hydrogens (tertiary/aromatic N) is 1. The maximum absolute atomic E-state index is 4.99. The Labute approximate surface area is 72.8 Å². The molecule has 0 unspecified atom stereocenters. The first-order valence-electron chi connectivity index (χ1n) is 3.96. The van der Waals surface area contributed by atoms with E-state index in [0.717, 1.165) is 17.9 Å². The van der Waals surface area contributed by atoms with Gasteiger partial charge in [0.1, 0.15) is 0 Å². The average Bonchev–Trinajstić information content (AvgIpc) is 2.09. The molecule has 0 saturated heterocycles. The van der Waals surface area contributed by atoms with Gasteiger partial charge in [0.05, 0.1) is 18.0 Å². The summed E-state index contributed by atoms with van der Waals surface area (Å²) in [7, 11) is 1.66. The molecule has 0 fully saturated rings. The number of rotatable bonds is 4. The van der Waals surface area contributed by atoms with Gasteiger partial charge in [0.2, 0.25) is 0 Å². The Hall–Kier alpha value is -1.09. The predicted molar refractivity (Wildman–Crippen MR) is 47.9 cm³/mol. The van der Waals surface area contributed by atoms with Gasteiger partial charge >= 0.3 is 0 Å². The highest BCUT2D eigenvalue weighted by atomic mass is 16.5. The summed E-state index contributed by atoms with van der Waals surface area (Å²) in [5.41, 5.74) is 1.84. The van der Waals surface area contributed by atoms with Crippen LogP contribution >= 0.6 is 0 Å². The molecule has 0 aliphatic heterocycles. The predicted octanol–water partition coefficient (Wildman–Crippen LogP) is 1.46. The SMILES string of the molecule is CCNc1[c]ccnc1COC. The molecule has 3 nitrogen and oxygen atoms in total. The van der Waals surface area contributed by atoms with Crippen LogP contribution in [0.1, 0.15) is 12.6 Å². The molecule has 0 spiro atoms. The van der Waals surface area contributed by atoms with Gasteiger partial charge in [-0.15, -0.1) is 0 Å². The molecule has 0 aromatic carbocycles. The molecular weight excluding hydrogens is 152 g/mol. The third-order valence-corrected chi connectivity index (χ3v) is 1.46. The zero-order valence-corrected chi connectivity index (χ0v) is 7.42. The lowest BCUT2D eigenvalue weighted by Crippen LogP contribution is -2.03. The van der Waals surface area contributed by atoms with Crippen molar-refractivity contribution in [3.05, 3.63) is 24.0 Å². The summed E-state index contributed by atoms with van der Waals surface area (Å²) >= 11 is 0. The minimum atomic E-state index is 0.527. The van der Waals surface area contributed by atoms with E-state index in [9.17, 15) is 0 Å². The number of nitrogens with one attached hydrogen (secondary N) is 1. The Balaban J connectivity index is 2.77. The first-order valence-corrected chi connectivity index (χ1v) is 3.96. The van der Waals surface area contributed by atoms with Crippen molar-refractivity contribution in [3.63, 3.8) is 0 Å². The molecule has 0 atom stereocenters. The van der Waals surface area contributed by atoms with Crippen molar-refractivity contribution < 1.29 is 4.74 Å². The Bertz CT molecular complexity index is 213. The van der Waals surface area contributed by atoms with Crippen molar-refractivity contribution in [2.75, 3.05) is 19.0 Å². The summed E-state index contributed by atoms with van der Waals surface area (Å²) in [6.45, 7) is 3.44. The molecule has 3 heteroatoms. The van der Waals surface area contributed by atoms with Crippen LogP contribution in [0.25, 0.3) is 0 Å². The molecule has 0 aliphatic rings. The second kappa shape index (κ2) is 4.72. The van der Waals surface area contributed by atoms with Crippen molar-refractivity contribution >= 4 is 5.69 Å². The van der Waals surface area contributed by atoms with E-state index < -0.39 is 0 Å². The molecule has 0 bridgehead atoms. The summed E-state index contributed by atoms with van der Waals surface area (Å²) in [4.78, 5) is 4.17. The standard InChI is InChI=1S/C9H13N2O/c1-3-10-8-5-4-6-11-9(8)7-12-2/h4,6,10H,3,7H2,1-2H3. The van der Waals surface area contributed by atoms with E-state index in [4.69, 9.17) is 4.74 Å². The first-order chi connectivity index (χ1) is 5.88. The van der Waals surface area contributed by atoms with E-state index >= 15 is 0 Å². The normalized spacial score (nSPS) is 9.83. The van der Waals surface area contributed by atoms with Gasteiger partial charge in [-0.25, -0.2) is 0 Å². The van der Waals surface area contributed by atoms with Crippen molar-refractivity contribution in [1.82, 2.24) is 4.98 Å². The molecule has 1 radical (unpaired) electrons. The fourth-order valence-corrected chi connectivity index (χ4v) is 0.972. The van der Waals surface area contributed by atoms with Crippen LogP contribution < -0.4 is 5.32 Å². The largest absolute Gasteiger partial charge is 0.383 e. The van der Waals surface area contributed by atoms with Gasteiger partial charge in [-0.05, 0) is 13.0 Å². The van der Waals surface area contributed by atoms with Gasteiger partial charge in [-0.3, -0.25) is 4.98 Å². The fraction of sp³-hybridized carbons (Fsp3) is 0.444. The number of hydrogen-bond acceptors (Lipinski definition) is 3. The van der Waals surface area contributed by atoms with Crippen molar-refractivity contribution in [2.45, 2.75) is 13.5 Å². The second-order valence-electron chi connectivity index (χ2n) is 2.37. The number of anilines is 1. The van der Waals surface area contributed by atoms with Crippen LogP contribution in [0.3, 0.4) is 0 Å². The van der Waals surface area contributed by atoms with Gasteiger partial charge in [0, 0.05) is 25.9 Å². The number of hydrogen-bond donors (Lipinski definition) is 1. The molecule has 0 aliphatic carbocycles. The Morgan fingerprint density at radius 3 is 3.17 bits per heavy atom. The highest BCUT2D eigenvalue weighted by Gasteiger charge is 2.00. The van der Waals surface area contributed by atoms with Crippen LogP contribution in [0.5, 0.6) is 0 Å². The second-order valence-corrected chi connectivity index (χ2v) is 2.37. The molecule has 12 heavy (non-hydrogen) atoms. The van der Waals surface area contributed by atoms with Gasteiger partial charge < -0.3 is 10.1 Å². The minimum Gasteiger partial charge on any atom is -0.383 e. The average molecular weight is 165 g/mol. The molecule has 1 N–H and O–H groups in total. The highest BCUT2D eigenvalue weighted by molar-refractivity contribution is 5.45. The smallest absolute Gasteiger partial charge is 0.0905 e. The lowest BCUT2D eigenvalue weighted by molar-refractivity contribution is 0.182. The zero-order valence-electron chi connectivity index (χ0n) is 7.42. The molecule has 1 aromatic rings. The molecule has 1 aromatic heterocycles. The van der Waals surface area contributed by atoms with Crippen LogP contribution in [0.4, 0.5) is 5.69 Å². The highest BCUT2D eigenvalue weighted by Crippen LogP contribution is 2.11. The third kappa shape index (κ3) is 2.20. The molecule has 1 heterocycles. The number of aromatic nitrogens is 1. The first kappa shape index (κ1) is 9.00. The van der Waals surface area contributed by atoms with E-state index in [1.165, 1.54) is 0 Å². The lowest BCUT2D eigenvalue weighted by Gasteiger charge is -2.07. The van der Waals surface area contributed by atoms with Gasteiger partial charge in [0.25, 0.3) is 0 Å². The Kier molecular flexibility index (Phi) is 3.54. The van der Waals surface area contributed by atoms with Crippen LogP contribution in [0.15, 0.2) is 12.3 Å². The van der Waals surface area contributed by atoms with Crippen molar-refractivity contribution in [1.29, 1.82) is 0 Å². The van der Waals surface area contributed by atoms with Gasteiger partial charge in [-0.1, -0.05) is 0 Å². The number of ether oxygens (including phenoxy) is 1. The van der Waals surface area contributed by atoms with Crippen LogP contribution in [0, 0.1) is 6.07 Å². The topological polar surface area (TPSA) is 34.2 Å². The molecule has 1 rings (SSSR count). The number of pyridine rings is 1. The van der Waals surface area contributed by atoms with E-state index in [2.05, 4.69) is 16.4 Å². The van der Waals surface area contributed by atoms with Crippen molar-refractivity contribution in [3.8, 4) is 0 Å². The van der Waals surface area contributed by atoms with Gasteiger partial charge in [0.15, 0.2) is 0 Å². The Morgan fingerprint density at radius 2 is 2.50 bits per heavy atom. The molecule has 65 valence electrons. The fourth-order valence-electron chi connectivity index (χ4n) is 0.972. The van der Waals surface area contributed by atoms with E-state index in [1.807, 2.05) is 6.92 Å². The molecule has 0 amide bonds. The van der Waals surface area contributed by atoms with Crippen LogP contribution in [0.2, 0.25) is 0 Å². The van der Waals surface area contributed by atoms with E-state index in [-0.39, 0.29) is 0 Å². The zero-order chi connectivity index (χ0) is 8.81. The van der Waals surface area contributed by atoms with Crippen molar-refractivity contribution in [2.24, 2.45) is 0 Å². The van der Waals surface area contributed by atoms with E-state index in [1.54, 1.807) is 19.4 Å². The Morgan fingerprint density at radius 1 is 1.67 bits per heavy atom. The van der Waals surface area contributed by atoms with Crippen LogP contribution in [-0.2, 0) is 11.3 Å². The van der Waals surface area contributed by atoms with Crippen LogP contribution in [-0.4, -0.2) is 18.6 Å². The number of methoxy groups -OCH3 is 1. The summed E-state index contributed by atoms with van der Waals surface area (Å²) < 4.78 is 4.99. The van der Waals surface area contributed by atoms with Gasteiger partial charge in [-0.2, -0.15) is 0 Å². The maximum atomic E-state index is 4.99. The maximum Gasteiger partial charge on any atom is 0.0905 e. The monoisotopic (exact) mass is 165 g/mol. The quantitative estimate of drug-likeness (QED) is 0.733. The summed E-state index contributed by atoms with van der Waals surface area (Å²) in [5.74, 6) is 0. The van der Waals surface area contributed by atoms with E-state index in [0.29, 0.717) is 6.61 Å². The lowest BCUT2D eigenvalue weighted by atomic mass is 10.3. The molecule has 0 saturated carbocycles. The minimum absolute atomic E-state index is 0.527. The molecular formula is C9H13N2O. The summed E-state index contributed by atoms with van der Waals surface area (Å²) in [6.07, 6.45) is 1.72. The third-order valence-electron chi connectivity index (χ3n) is 1.46.